The Morgan fingerprint density at radius 2 is 1.54 bits per heavy atom. The third-order valence-electron chi connectivity index (χ3n) is 8.09. The van der Waals surface area contributed by atoms with Crippen molar-refractivity contribution in [2.45, 2.75) is 29.8 Å². The summed E-state index contributed by atoms with van der Waals surface area (Å²) >= 11 is 0. The molecule has 0 radical (unpaired) electrons. The van der Waals surface area contributed by atoms with Crippen molar-refractivity contribution in [1.29, 1.82) is 0 Å². The normalized spacial score (nSPS) is 22.4. The zero-order chi connectivity index (χ0) is 26.0. The van der Waals surface area contributed by atoms with Crippen molar-refractivity contribution in [3.8, 4) is 0 Å². The Labute approximate surface area is 218 Å². The second kappa shape index (κ2) is 10.8. The van der Waals surface area contributed by atoms with Gasteiger partial charge in [0.25, 0.3) is 0 Å². The van der Waals surface area contributed by atoms with E-state index in [1.54, 1.807) is 4.90 Å². The van der Waals surface area contributed by atoms with Gasteiger partial charge in [0.1, 0.15) is 11.6 Å². The number of hydrogen-bond donors (Lipinski definition) is 2. The molecular formula is C28H35F2N3O3S. The Kier molecular flexibility index (Phi) is 7.70. The summed E-state index contributed by atoms with van der Waals surface area (Å²) < 4.78 is 48.1. The molecule has 0 saturated carbocycles. The zero-order valence-electron chi connectivity index (χ0n) is 21.0. The SMILES string of the molecule is O=C(/C=C/c1cc(F)cc(F)c1)N1CCN(CCCN2CCC3(CC2)c2ccccc2CS3(O)O)CC1. The van der Waals surface area contributed by atoms with Crippen molar-refractivity contribution in [3.05, 3.63) is 76.9 Å². The topological polar surface area (TPSA) is 67.3 Å². The van der Waals surface area contributed by atoms with E-state index in [9.17, 15) is 22.7 Å². The maximum atomic E-state index is 13.3. The van der Waals surface area contributed by atoms with Gasteiger partial charge in [-0.15, -0.1) is 0 Å². The van der Waals surface area contributed by atoms with Crippen molar-refractivity contribution < 1.29 is 22.7 Å². The lowest BCUT2D eigenvalue weighted by atomic mass is 9.86. The van der Waals surface area contributed by atoms with Crippen LogP contribution in [0, 0.1) is 11.6 Å². The molecule has 0 unspecified atom stereocenters. The molecule has 0 bridgehead atoms. The summed E-state index contributed by atoms with van der Waals surface area (Å²) in [6.45, 7) is 6.53. The van der Waals surface area contributed by atoms with Gasteiger partial charge in [-0.2, -0.15) is 10.6 Å². The predicted molar refractivity (Wildman–Crippen MR) is 143 cm³/mol. The van der Waals surface area contributed by atoms with E-state index in [0.717, 1.165) is 75.7 Å². The standard InChI is InChI=1S/C28H35F2N3O3S/c29-24-18-22(19-25(30)20-24)6-7-27(34)33-16-14-32(15-17-33)11-3-10-31-12-8-28(9-13-31)26-5-2-1-4-23(26)21-37(28,35)36/h1-2,4-7,18-20,35-36H,3,8-17,21H2/b7-6+. The molecule has 3 aliphatic heterocycles. The van der Waals surface area contributed by atoms with Crippen LogP contribution in [0.15, 0.2) is 48.5 Å². The van der Waals surface area contributed by atoms with Gasteiger partial charge in [0.15, 0.2) is 0 Å². The third kappa shape index (κ3) is 5.61. The predicted octanol–water partition coefficient (Wildman–Crippen LogP) is 4.77. The maximum Gasteiger partial charge on any atom is 0.246 e. The lowest BCUT2D eigenvalue weighted by Crippen LogP contribution is -2.49. The van der Waals surface area contributed by atoms with Crippen LogP contribution in [0.3, 0.4) is 0 Å². The number of amides is 1. The first-order chi connectivity index (χ1) is 17.8. The van der Waals surface area contributed by atoms with E-state index in [1.165, 1.54) is 24.3 Å². The second-order valence-corrected chi connectivity index (χ2v) is 12.8. The summed E-state index contributed by atoms with van der Waals surface area (Å²) in [6.07, 6.45) is 5.42. The highest BCUT2D eigenvalue weighted by Crippen LogP contribution is 2.69. The van der Waals surface area contributed by atoms with E-state index in [-0.39, 0.29) is 5.91 Å². The van der Waals surface area contributed by atoms with Gasteiger partial charge in [-0.3, -0.25) is 18.8 Å². The fraction of sp³-hybridized carbons (Fsp3) is 0.464. The number of benzene rings is 2. The van der Waals surface area contributed by atoms with Gasteiger partial charge in [0.2, 0.25) is 5.91 Å². The number of likely N-dealkylation sites (tertiary alicyclic amines) is 1. The van der Waals surface area contributed by atoms with E-state index in [4.69, 9.17) is 0 Å². The van der Waals surface area contributed by atoms with Crippen LogP contribution in [0.25, 0.3) is 6.08 Å². The summed E-state index contributed by atoms with van der Waals surface area (Å²) in [7, 11) is -2.67. The molecule has 6 nitrogen and oxygen atoms in total. The summed E-state index contributed by atoms with van der Waals surface area (Å²) in [5.74, 6) is -1.09. The molecule has 2 aromatic carbocycles. The quantitative estimate of drug-likeness (QED) is 0.526. The van der Waals surface area contributed by atoms with Crippen LogP contribution in [0.5, 0.6) is 0 Å². The van der Waals surface area contributed by atoms with E-state index < -0.39 is 27.0 Å². The van der Waals surface area contributed by atoms with Crippen LogP contribution in [0.2, 0.25) is 0 Å². The number of carbonyl (C=O) groups is 1. The van der Waals surface area contributed by atoms with Gasteiger partial charge in [0, 0.05) is 51.4 Å². The first-order valence-electron chi connectivity index (χ1n) is 13.0. The van der Waals surface area contributed by atoms with Crippen molar-refractivity contribution in [1.82, 2.24) is 14.7 Å². The monoisotopic (exact) mass is 531 g/mol. The van der Waals surface area contributed by atoms with E-state index in [0.29, 0.717) is 24.4 Å². The van der Waals surface area contributed by atoms with Crippen LogP contribution in [-0.4, -0.2) is 82.1 Å². The van der Waals surface area contributed by atoms with Crippen LogP contribution in [0.4, 0.5) is 8.78 Å². The Balaban J connectivity index is 1.04. The molecule has 3 aliphatic rings. The van der Waals surface area contributed by atoms with E-state index in [1.807, 2.05) is 18.2 Å². The average molecular weight is 532 g/mol. The maximum absolute atomic E-state index is 13.3. The molecule has 0 atom stereocenters. The van der Waals surface area contributed by atoms with Gasteiger partial charge >= 0.3 is 0 Å². The van der Waals surface area contributed by atoms with Crippen molar-refractivity contribution in [3.63, 3.8) is 0 Å². The number of halogens is 2. The van der Waals surface area contributed by atoms with Gasteiger partial charge < -0.3 is 9.80 Å². The van der Waals surface area contributed by atoms with E-state index >= 15 is 0 Å². The van der Waals surface area contributed by atoms with Crippen molar-refractivity contribution in [2.75, 3.05) is 52.4 Å². The highest BCUT2D eigenvalue weighted by atomic mass is 32.3. The fourth-order valence-electron chi connectivity index (χ4n) is 6.01. The highest BCUT2D eigenvalue weighted by molar-refractivity contribution is 8.24. The summed E-state index contributed by atoms with van der Waals surface area (Å²) in [6, 6.07) is 11.3. The van der Waals surface area contributed by atoms with Gasteiger partial charge in [-0.1, -0.05) is 24.3 Å². The highest BCUT2D eigenvalue weighted by Gasteiger charge is 2.52. The second-order valence-electron chi connectivity index (χ2n) is 10.4. The molecule has 9 heteroatoms. The molecule has 5 rings (SSSR count). The van der Waals surface area contributed by atoms with Crippen molar-refractivity contribution >= 4 is 22.6 Å². The number of piperidine rings is 1. The van der Waals surface area contributed by atoms with Crippen LogP contribution in [-0.2, 0) is 15.3 Å². The molecule has 2 N–H and O–H groups in total. The minimum atomic E-state index is -2.67. The van der Waals surface area contributed by atoms with Crippen molar-refractivity contribution in [2.24, 2.45) is 0 Å². The molecule has 0 aromatic heterocycles. The number of carbonyl (C=O) groups excluding carboxylic acids is 1. The molecular weight excluding hydrogens is 496 g/mol. The first-order valence-corrected chi connectivity index (χ1v) is 14.7. The first kappa shape index (κ1) is 26.3. The van der Waals surface area contributed by atoms with Crippen LogP contribution in [0.1, 0.15) is 36.0 Å². The molecule has 0 aliphatic carbocycles. The lowest BCUT2D eigenvalue weighted by Gasteiger charge is -2.50. The minimum Gasteiger partial charge on any atom is -0.337 e. The number of piperazine rings is 1. The molecule has 3 heterocycles. The third-order valence-corrected chi connectivity index (χ3v) is 10.7. The smallest absolute Gasteiger partial charge is 0.246 e. The van der Waals surface area contributed by atoms with Crippen LogP contribution >= 0.6 is 10.6 Å². The van der Waals surface area contributed by atoms with Gasteiger partial charge in [-0.25, -0.2) is 8.78 Å². The number of hydrogen-bond acceptors (Lipinski definition) is 5. The average Bonchev–Trinajstić information content (AvgIpc) is 3.09. The summed E-state index contributed by atoms with van der Waals surface area (Å²) in [5, 5.41) is 0. The molecule has 37 heavy (non-hydrogen) atoms. The van der Waals surface area contributed by atoms with Gasteiger partial charge in [0.05, 0.1) is 10.5 Å². The Morgan fingerprint density at radius 3 is 2.22 bits per heavy atom. The molecule has 1 amide bonds. The number of fused-ring (bicyclic) bond motifs is 2. The Bertz CT molecular complexity index is 1140. The molecule has 2 fully saturated rings. The Hall–Kier alpha value is -2.30. The molecule has 2 aromatic rings. The molecule has 2 saturated heterocycles. The fourth-order valence-corrected chi connectivity index (χ4v) is 8.36. The van der Waals surface area contributed by atoms with Gasteiger partial charge in [-0.05, 0) is 67.3 Å². The summed E-state index contributed by atoms with van der Waals surface area (Å²) in [4.78, 5) is 19.1. The van der Waals surface area contributed by atoms with E-state index in [2.05, 4.69) is 15.9 Å². The number of rotatable bonds is 6. The molecule has 200 valence electrons. The largest absolute Gasteiger partial charge is 0.337 e. The summed E-state index contributed by atoms with van der Waals surface area (Å²) in [5.41, 5.74) is 2.56. The molecule has 1 spiro atoms. The number of nitrogens with zero attached hydrogens (tertiary/aromatic N) is 3. The van der Waals surface area contributed by atoms with Crippen LogP contribution < -0.4 is 0 Å². The Morgan fingerprint density at radius 1 is 0.919 bits per heavy atom. The lowest BCUT2D eigenvalue weighted by molar-refractivity contribution is -0.127. The zero-order valence-corrected chi connectivity index (χ0v) is 21.8. The minimum absolute atomic E-state index is 0.147.